The van der Waals surface area contributed by atoms with Crippen LogP contribution >= 0.6 is 0 Å². The Labute approximate surface area is 147 Å². The molecule has 0 saturated carbocycles. The molecular weight excluding hydrogens is 373 g/mol. The molecule has 1 heterocycles. The van der Waals surface area contributed by atoms with Gasteiger partial charge in [-0.1, -0.05) is 6.07 Å². The fourth-order valence-electron chi connectivity index (χ4n) is 2.02. The highest BCUT2D eigenvalue weighted by atomic mass is 32.2. The molecule has 2 rings (SSSR count). The average molecular weight is 388 g/mol. The molecule has 1 aromatic heterocycles. The van der Waals surface area contributed by atoms with Crippen LogP contribution in [0.1, 0.15) is 22.8 Å². The molecule has 0 aliphatic carbocycles. The Morgan fingerprint density at radius 1 is 1.27 bits per heavy atom. The largest absolute Gasteiger partial charge is 0.477 e. The number of aromatic nitrogens is 1. The SMILES string of the molecule is CCOc1ncc(C(F)(F)F)cc1C(=O)Nc1cccc(S(C)(=O)=O)c1. The smallest absolute Gasteiger partial charge is 0.417 e. The predicted molar refractivity (Wildman–Crippen MR) is 87.9 cm³/mol. The predicted octanol–water partition coefficient (Wildman–Crippen LogP) is 3.15. The lowest BCUT2D eigenvalue weighted by molar-refractivity contribution is -0.137. The van der Waals surface area contributed by atoms with Crippen molar-refractivity contribution >= 4 is 21.4 Å². The van der Waals surface area contributed by atoms with E-state index < -0.39 is 33.0 Å². The number of carbonyl (C=O) groups is 1. The number of benzene rings is 1. The molecule has 10 heteroatoms. The van der Waals surface area contributed by atoms with Gasteiger partial charge < -0.3 is 10.1 Å². The number of alkyl halides is 3. The number of hydrogen-bond acceptors (Lipinski definition) is 5. The highest BCUT2D eigenvalue weighted by Gasteiger charge is 2.33. The number of halogens is 3. The second-order valence-corrected chi connectivity index (χ2v) is 7.28. The van der Waals surface area contributed by atoms with Crippen molar-refractivity contribution in [2.45, 2.75) is 18.0 Å². The van der Waals surface area contributed by atoms with Gasteiger partial charge in [-0.2, -0.15) is 13.2 Å². The maximum Gasteiger partial charge on any atom is 0.417 e. The van der Waals surface area contributed by atoms with Crippen molar-refractivity contribution in [1.29, 1.82) is 0 Å². The summed E-state index contributed by atoms with van der Waals surface area (Å²) in [5.74, 6) is -1.16. The number of rotatable bonds is 5. The third-order valence-electron chi connectivity index (χ3n) is 3.22. The maximum atomic E-state index is 12.9. The van der Waals surface area contributed by atoms with Gasteiger partial charge in [-0.05, 0) is 31.2 Å². The van der Waals surface area contributed by atoms with E-state index in [2.05, 4.69) is 10.3 Å². The van der Waals surface area contributed by atoms with Gasteiger partial charge in [-0.15, -0.1) is 0 Å². The molecule has 0 spiro atoms. The third kappa shape index (κ3) is 4.72. The van der Waals surface area contributed by atoms with Crippen LogP contribution in [0, 0.1) is 0 Å². The number of ether oxygens (including phenoxy) is 1. The first-order valence-corrected chi connectivity index (χ1v) is 9.23. The number of carbonyl (C=O) groups excluding carboxylic acids is 1. The summed E-state index contributed by atoms with van der Waals surface area (Å²) in [6.45, 7) is 1.69. The molecule has 0 atom stereocenters. The van der Waals surface area contributed by atoms with Gasteiger partial charge in [0, 0.05) is 18.1 Å². The van der Waals surface area contributed by atoms with Crippen molar-refractivity contribution in [3.05, 3.63) is 47.7 Å². The van der Waals surface area contributed by atoms with Gasteiger partial charge >= 0.3 is 6.18 Å². The lowest BCUT2D eigenvalue weighted by Gasteiger charge is -2.13. The first-order valence-electron chi connectivity index (χ1n) is 7.34. The minimum atomic E-state index is -4.68. The number of hydrogen-bond donors (Lipinski definition) is 1. The minimum Gasteiger partial charge on any atom is -0.477 e. The first kappa shape index (κ1) is 19.7. The van der Waals surface area contributed by atoms with Crippen LogP contribution in [0.2, 0.25) is 0 Å². The fraction of sp³-hybridized carbons (Fsp3) is 0.250. The van der Waals surface area contributed by atoms with Crippen LogP contribution in [-0.2, 0) is 16.0 Å². The second kappa shape index (κ2) is 7.32. The second-order valence-electron chi connectivity index (χ2n) is 5.26. The van der Waals surface area contributed by atoms with Crippen molar-refractivity contribution in [3.8, 4) is 5.88 Å². The van der Waals surface area contributed by atoms with E-state index in [0.717, 1.165) is 6.26 Å². The van der Waals surface area contributed by atoms with E-state index in [4.69, 9.17) is 4.74 Å². The summed E-state index contributed by atoms with van der Waals surface area (Å²) < 4.78 is 66.9. The molecule has 0 bridgehead atoms. The van der Waals surface area contributed by atoms with Crippen LogP contribution in [0.25, 0.3) is 0 Å². The number of anilines is 1. The van der Waals surface area contributed by atoms with Gasteiger partial charge in [0.05, 0.1) is 17.1 Å². The number of amides is 1. The summed E-state index contributed by atoms with van der Waals surface area (Å²) in [6, 6.07) is 5.98. The fourth-order valence-corrected chi connectivity index (χ4v) is 2.69. The zero-order valence-electron chi connectivity index (χ0n) is 13.8. The monoisotopic (exact) mass is 388 g/mol. The summed E-state index contributed by atoms with van der Waals surface area (Å²) in [4.78, 5) is 15.9. The summed E-state index contributed by atoms with van der Waals surface area (Å²) in [5.41, 5.74) is -1.40. The molecule has 26 heavy (non-hydrogen) atoms. The molecule has 0 aliphatic rings. The standard InChI is InChI=1S/C16H15F3N2O4S/c1-3-25-15-13(7-10(9-20-15)16(17,18)19)14(22)21-11-5-4-6-12(8-11)26(2,23)24/h4-9H,3H2,1-2H3,(H,21,22). The molecule has 1 aromatic carbocycles. The summed E-state index contributed by atoms with van der Waals surface area (Å²) in [6.07, 6.45) is -3.10. The van der Waals surface area contributed by atoms with Crippen molar-refractivity contribution in [2.75, 3.05) is 18.2 Å². The topological polar surface area (TPSA) is 85.4 Å². The van der Waals surface area contributed by atoms with Crippen LogP contribution in [0.3, 0.4) is 0 Å². The number of nitrogens with zero attached hydrogens (tertiary/aromatic N) is 1. The molecule has 0 saturated heterocycles. The highest BCUT2D eigenvalue weighted by Crippen LogP contribution is 2.31. The lowest BCUT2D eigenvalue weighted by atomic mass is 10.1. The van der Waals surface area contributed by atoms with Gasteiger partial charge in [-0.25, -0.2) is 13.4 Å². The van der Waals surface area contributed by atoms with E-state index in [1.54, 1.807) is 6.92 Å². The molecule has 6 nitrogen and oxygen atoms in total. The lowest BCUT2D eigenvalue weighted by Crippen LogP contribution is -2.17. The van der Waals surface area contributed by atoms with Crippen LogP contribution in [-0.4, -0.2) is 32.2 Å². The number of nitrogens with one attached hydrogen (secondary N) is 1. The highest BCUT2D eigenvalue weighted by molar-refractivity contribution is 7.90. The zero-order valence-corrected chi connectivity index (χ0v) is 14.6. The summed E-state index contributed by atoms with van der Waals surface area (Å²) >= 11 is 0. The van der Waals surface area contributed by atoms with Gasteiger partial charge in [0.15, 0.2) is 9.84 Å². The van der Waals surface area contributed by atoms with E-state index in [9.17, 15) is 26.4 Å². The van der Waals surface area contributed by atoms with E-state index in [1.165, 1.54) is 24.3 Å². The van der Waals surface area contributed by atoms with E-state index in [-0.39, 0.29) is 23.1 Å². The number of sulfone groups is 1. The third-order valence-corrected chi connectivity index (χ3v) is 4.33. The Kier molecular flexibility index (Phi) is 5.55. The summed E-state index contributed by atoms with van der Waals surface area (Å²) in [7, 11) is -3.51. The average Bonchev–Trinajstić information content (AvgIpc) is 2.54. The molecular formula is C16H15F3N2O4S. The van der Waals surface area contributed by atoms with Gasteiger partial charge in [0.2, 0.25) is 5.88 Å². The van der Waals surface area contributed by atoms with Crippen molar-refractivity contribution in [3.63, 3.8) is 0 Å². The van der Waals surface area contributed by atoms with Crippen LogP contribution in [0.15, 0.2) is 41.4 Å². The Hall–Kier alpha value is -2.62. The van der Waals surface area contributed by atoms with E-state index >= 15 is 0 Å². The normalized spacial score (nSPS) is 11.9. The van der Waals surface area contributed by atoms with Crippen molar-refractivity contribution in [2.24, 2.45) is 0 Å². The quantitative estimate of drug-likeness (QED) is 0.851. The molecule has 2 aromatic rings. The Morgan fingerprint density at radius 3 is 2.54 bits per heavy atom. The Morgan fingerprint density at radius 2 is 1.96 bits per heavy atom. The maximum absolute atomic E-state index is 12.9. The Bertz CT molecular complexity index is 927. The van der Waals surface area contributed by atoms with Crippen molar-refractivity contribution in [1.82, 2.24) is 4.98 Å². The molecule has 0 fully saturated rings. The molecule has 0 radical (unpaired) electrons. The van der Waals surface area contributed by atoms with Gasteiger partial charge in [0.25, 0.3) is 5.91 Å². The molecule has 1 amide bonds. The van der Waals surface area contributed by atoms with Crippen LogP contribution in [0.4, 0.5) is 18.9 Å². The summed E-state index contributed by atoms with van der Waals surface area (Å²) in [5, 5.41) is 2.36. The van der Waals surface area contributed by atoms with E-state index in [0.29, 0.717) is 12.3 Å². The molecule has 140 valence electrons. The number of pyridine rings is 1. The van der Waals surface area contributed by atoms with Crippen molar-refractivity contribution < 1.29 is 31.1 Å². The van der Waals surface area contributed by atoms with E-state index in [1.807, 2.05) is 0 Å². The Balaban J connectivity index is 2.39. The van der Waals surface area contributed by atoms with Gasteiger partial charge in [0.1, 0.15) is 5.56 Å². The molecule has 1 N–H and O–H groups in total. The van der Waals surface area contributed by atoms with Gasteiger partial charge in [-0.3, -0.25) is 4.79 Å². The zero-order chi connectivity index (χ0) is 19.5. The van der Waals surface area contributed by atoms with Crippen LogP contribution in [0.5, 0.6) is 5.88 Å². The first-order chi connectivity index (χ1) is 12.0. The van der Waals surface area contributed by atoms with Crippen LogP contribution < -0.4 is 10.1 Å². The molecule has 0 unspecified atom stereocenters. The minimum absolute atomic E-state index is 0.0394. The molecule has 0 aliphatic heterocycles.